The molecule has 68 valence electrons. The second-order valence-corrected chi connectivity index (χ2v) is 2.04. The number of ether oxygens (including phenoxy) is 1. The van der Waals surface area contributed by atoms with Gasteiger partial charge in [-0.3, -0.25) is 0 Å². The van der Waals surface area contributed by atoms with E-state index in [1.165, 1.54) is 7.11 Å². The predicted octanol–water partition coefficient (Wildman–Crippen LogP) is 1.26. The van der Waals surface area contributed by atoms with E-state index in [9.17, 15) is 4.79 Å². The summed E-state index contributed by atoms with van der Waals surface area (Å²) >= 11 is 0. The molecule has 0 aliphatic carbocycles. The number of methoxy groups -OCH3 is 1. The van der Waals surface area contributed by atoms with Gasteiger partial charge in [0, 0.05) is 13.2 Å². The van der Waals surface area contributed by atoms with E-state index in [2.05, 4.69) is 15.0 Å². The van der Waals surface area contributed by atoms with Gasteiger partial charge in [-0.05, 0) is 6.07 Å². The third kappa shape index (κ3) is 2.17. The molecule has 0 atom stereocenters. The van der Waals surface area contributed by atoms with Crippen LogP contribution in [-0.4, -0.2) is 25.1 Å². The molecular formula is C7H11ClN2O2. The van der Waals surface area contributed by atoms with Crippen molar-refractivity contribution in [1.29, 1.82) is 0 Å². The summed E-state index contributed by atoms with van der Waals surface area (Å²) in [6, 6.07) is 1.69. The van der Waals surface area contributed by atoms with Crippen molar-refractivity contribution in [2.45, 2.75) is 0 Å². The first kappa shape index (κ1) is 10.8. The van der Waals surface area contributed by atoms with Crippen LogP contribution in [0.1, 0.15) is 10.5 Å². The third-order valence-electron chi connectivity index (χ3n) is 1.38. The molecule has 1 rings (SSSR count). The van der Waals surface area contributed by atoms with E-state index in [4.69, 9.17) is 0 Å². The zero-order valence-electron chi connectivity index (χ0n) is 6.88. The van der Waals surface area contributed by atoms with Gasteiger partial charge in [-0.15, -0.1) is 12.4 Å². The lowest BCUT2D eigenvalue weighted by Gasteiger charge is -1.92. The maximum atomic E-state index is 10.9. The summed E-state index contributed by atoms with van der Waals surface area (Å²) in [5.41, 5.74) is 1.32. The minimum atomic E-state index is -0.355. The molecule has 0 radical (unpaired) electrons. The Morgan fingerprint density at radius 2 is 2.33 bits per heavy atom. The molecule has 0 saturated heterocycles. The van der Waals surface area contributed by atoms with E-state index in [1.54, 1.807) is 19.3 Å². The molecule has 0 saturated carbocycles. The number of H-pyrrole nitrogens is 1. The molecule has 1 heterocycles. The normalized spacial score (nSPS) is 8.50. The van der Waals surface area contributed by atoms with Crippen molar-refractivity contribution in [3.63, 3.8) is 0 Å². The number of halogens is 1. The van der Waals surface area contributed by atoms with E-state index in [0.717, 1.165) is 5.69 Å². The minimum Gasteiger partial charge on any atom is -0.464 e. The van der Waals surface area contributed by atoms with Crippen LogP contribution in [0.4, 0.5) is 5.69 Å². The number of hydrogen-bond donors (Lipinski definition) is 2. The number of hydrogen-bond acceptors (Lipinski definition) is 3. The Morgan fingerprint density at radius 1 is 1.67 bits per heavy atom. The maximum absolute atomic E-state index is 10.9. The predicted molar refractivity (Wildman–Crippen MR) is 48.9 cm³/mol. The topological polar surface area (TPSA) is 54.1 Å². The van der Waals surface area contributed by atoms with Crippen molar-refractivity contribution in [3.05, 3.63) is 18.0 Å². The number of rotatable bonds is 2. The van der Waals surface area contributed by atoms with Gasteiger partial charge < -0.3 is 15.0 Å². The Kier molecular flexibility index (Phi) is 4.21. The molecule has 0 bridgehead atoms. The molecule has 0 aromatic carbocycles. The number of nitrogens with one attached hydrogen (secondary N) is 2. The van der Waals surface area contributed by atoms with E-state index >= 15 is 0 Å². The largest absolute Gasteiger partial charge is 0.464 e. The van der Waals surface area contributed by atoms with Gasteiger partial charge in [-0.2, -0.15) is 0 Å². The number of aromatic amines is 1. The fourth-order valence-corrected chi connectivity index (χ4v) is 0.766. The Morgan fingerprint density at radius 3 is 2.75 bits per heavy atom. The maximum Gasteiger partial charge on any atom is 0.354 e. The zero-order chi connectivity index (χ0) is 8.27. The smallest absolute Gasteiger partial charge is 0.354 e. The molecule has 2 N–H and O–H groups in total. The molecule has 1 aromatic rings. The Hall–Kier alpha value is -1.16. The highest BCUT2D eigenvalue weighted by molar-refractivity contribution is 5.88. The molecule has 1 aromatic heterocycles. The van der Waals surface area contributed by atoms with E-state index in [1.807, 2.05) is 0 Å². The number of anilines is 1. The molecule has 0 aliphatic rings. The van der Waals surface area contributed by atoms with Crippen molar-refractivity contribution >= 4 is 24.1 Å². The van der Waals surface area contributed by atoms with E-state index in [-0.39, 0.29) is 18.4 Å². The first-order chi connectivity index (χ1) is 5.27. The van der Waals surface area contributed by atoms with E-state index < -0.39 is 0 Å². The molecule has 0 fully saturated rings. The fraction of sp³-hybridized carbons (Fsp3) is 0.286. The number of esters is 1. The Balaban J connectivity index is 0.00000121. The molecule has 0 amide bonds. The van der Waals surface area contributed by atoms with Crippen molar-refractivity contribution in [3.8, 4) is 0 Å². The molecule has 5 heteroatoms. The van der Waals surface area contributed by atoms with Gasteiger partial charge in [-0.1, -0.05) is 0 Å². The average Bonchev–Trinajstić information content (AvgIpc) is 2.50. The van der Waals surface area contributed by atoms with Crippen molar-refractivity contribution < 1.29 is 9.53 Å². The Bertz CT molecular complexity index is 260. The monoisotopic (exact) mass is 190 g/mol. The number of carbonyl (C=O) groups excluding carboxylic acids is 1. The lowest BCUT2D eigenvalue weighted by atomic mass is 10.4. The summed E-state index contributed by atoms with van der Waals surface area (Å²) in [6.07, 6.45) is 1.70. The van der Waals surface area contributed by atoms with Gasteiger partial charge in [-0.25, -0.2) is 4.79 Å². The summed E-state index contributed by atoms with van der Waals surface area (Å²) < 4.78 is 4.50. The van der Waals surface area contributed by atoms with Gasteiger partial charge in [0.2, 0.25) is 0 Å². The van der Waals surface area contributed by atoms with Crippen LogP contribution in [0.25, 0.3) is 0 Å². The highest BCUT2D eigenvalue weighted by Crippen LogP contribution is 2.08. The second-order valence-electron chi connectivity index (χ2n) is 2.04. The average molecular weight is 191 g/mol. The molecule has 0 unspecified atom stereocenters. The zero-order valence-corrected chi connectivity index (χ0v) is 7.70. The molecule has 12 heavy (non-hydrogen) atoms. The van der Waals surface area contributed by atoms with Gasteiger partial charge >= 0.3 is 5.97 Å². The van der Waals surface area contributed by atoms with Crippen molar-refractivity contribution in [1.82, 2.24) is 4.98 Å². The first-order valence-electron chi connectivity index (χ1n) is 3.22. The van der Waals surface area contributed by atoms with Crippen LogP contribution < -0.4 is 5.32 Å². The lowest BCUT2D eigenvalue weighted by molar-refractivity contribution is 0.0595. The standard InChI is InChI=1S/C7H10N2O2.ClH/c1-8-5-3-6(9-4-5)7(10)11-2;/h3-4,8-9H,1-2H3;1H. The van der Waals surface area contributed by atoms with E-state index in [0.29, 0.717) is 5.69 Å². The van der Waals surface area contributed by atoms with Gasteiger partial charge in [0.05, 0.1) is 12.8 Å². The summed E-state index contributed by atoms with van der Waals surface area (Å²) in [5, 5.41) is 2.89. The summed E-state index contributed by atoms with van der Waals surface area (Å²) in [7, 11) is 3.13. The second kappa shape index (κ2) is 4.66. The van der Waals surface area contributed by atoms with Crippen molar-refractivity contribution in [2.24, 2.45) is 0 Å². The summed E-state index contributed by atoms with van der Waals surface area (Å²) in [5.74, 6) is -0.355. The van der Waals surface area contributed by atoms with Crippen molar-refractivity contribution in [2.75, 3.05) is 19.5 Å². The van der Waals surface area contributed by atoms with Gasteiger partial charge in [0.25, 0.3) is 0 Å². The van der Waals surface area contributed by atoms with Crippen LogP contribution in [0.5, 0.6) is 0 Å². The van der Waals surface area contributed by atoms with Gasteiger partial charge in [0.15, 0.2) is 0 Å². The SMILES string of the molecule is CNc1c[nH]c(C(=O)OC)c1.Cl. The number of aromatic nitrogens is 1. The van der Waals surface area contributed by atoms with Gasteiger partial charge in [0.1, 0.15) is 5.69 Å². The quantitative estimate of drug-likeness (QED) is 0.691. The third-order valence-corrected chi connectivity index (χ3v) is 1.38. The minimum absolute atomic E-state index is 0. The molecule has 4 nitrogen and oxygen atoms in total. The lowest BCUT2D eigenvalue weighted by Crippen LogP contribution is -2.00. The van der Waals surface area contributed by atoms with Crippen LogP contribution in [0, 0.1) is 0 Å². The number of carbonyl (C=O) groups is 1. The van der Waals surface area contributed by atoms with Crippen LogP contribution in [0.15, 0.2) is 12.3 Å². The summed E-state index contributed by atoms with van der Waals surface area (Å²) in [6.45, 7) is 0. The van der Waals surface area contributed by atoms with Crippen LogP contribution in [0.2, 0.25) is 0 Å². The summed E-state index contributed by atoms with van der Waals surface area (Å²) in [4.78, 5) is 13.6. The highest BCUT2D eigenvalue weighted by Gasteiger charge is 2.06. The fourth-order valence-electron chi connectivity index (χ4n) is 0.766. The Labute approximate surface area is 76.7 Å². The highest BCUT2D eigenvalue weighted by atomic mass is 35.5. The molecule has 0 spiro atoms. The molecule has 0 aliphatic heterocycles. The van der Waals surface area contributed by atoms with Crippen LogP contribution in [0.3, 0.4) is 0 Å². The molecular weight excluding hydrogens is 180 g/mol. The van der Waals surface area contributed by atoms with Crippen LogP contribution >= 0.6 is 12.4 Å². The van der Waals surface area contributed by atoms with Crippen LogP contribution in [-0.2, 0) is 4.74 Å². The first-order valence-corrected chi connectivity index (χ1v) is 3.22.